The molecule has 0 atom stereocenters. The summed E-state index contributed by atoms with van der Waals surface area (Å²) in [6, 6.07) is 59.9. The van der Waals surface area contributed by atoms with Crippen molar-refractivity contribution in [2.24, 2.45) is 0 Å². The maximum atomic E-state index is 7.11. The highest BCUT2D eigenvalue weighted by Gasteiger charge is 2.34. The molecular formula is C64H66N4O. The second kappa shape index (κ2) is 16.8. The fourth-order valence-corrected chi connectivity index (χ4v) is 9.73. The molecule has 0 spiro atoms. The summed E-state index contributed by atoms with van der Waals surface area (Å²) in [5, 5.41) is 2.32. The van der Waals surface area contributed by atoms with Crippen LogP contribution in [0.3, 0.4) is 0 Å². The number of benzene rings is 7. The Hall–Kier alpha value is -7.11. The molecule has 7 aromatic carbocycles. The van der Waals surface area contributed by atoms with Gasteiger partial charge >= 0.3 is 0 Å². The number of rotatable bonds is 7. The van der Waals surface area contributed by atoms with E-state index in [4.69, 9.17) is 9.72 Å². The van der Waals surface area contributed by atoms with Crippen molar-refractivity contribution in [3.8, 4) is 39.6 Å². The first-order chi connectivity index (χ1) is 32.7. The molecule has 3 heterocycles. The Labute approximate surface area is 410 Å². The van der Waals surface area contributed by atoms with E-state index in [1.165, 1.54) is 61.3 Å². The van der Waals surface area contributed by atoms with Crippen LogP contribution in [-0.2, 0) is 21.7 Å². The molecule has 0 unspecified atom stereocenters. The highest BCUT2D eigenvalue weighted by Crippen LogP contribution is 2.51. The van der Waals surface area contributed by atoms with E-state index in [0.29, 0.717) is 6.67 Å². The molecule has 0 radical (unpaired) electrons. The molecule has 0 amide bonds. The predicted molar refractivity (Wildman–Crippen MR) is 293 cm³/mol. The van der Waals surface area contributed by atoms with Crippen molar-refractivity contribution in [2.45, 2.75) is 105 Å². The standard InChI is InChI=1S/C64H66N4O/c1-61(2,3)45-30-31-65-59(38-45)68-56-29-26-44(42-20-15-13-16-21-42)32-55(56)54-28-27-51(40-58(54)68)69-52-37-48(64(10,11)12)36-50(39-52)66-41-67(49-34-46(62(4,5)6)33-47(35-49)63(7,8)9)60-53(24-19-25-57(60)66)43-22-17-14-18-23-43/h13-40H,41H2,1-12H3. The van der Waals surface area contributed by atoms with Crippen LogP contribution in [0, 0.1) is 0 Å². The van der Waals surface area contributed by atoms with E-state index >= 15 is 0 Å². The van der Waals surface area contributed by atoms with Crippen LogP contribution in [0.25, 0.3) is 49.9 Å². The van der Waals surface area contributed by atoms with E-state index in [-0.39, 0.29) is 21.7 Å². The van der Waals surface area contributed by atoms with Crippen LogP contribution in [0.5, 0.6) is 11.5 Å². The lowest BCUT2D eigenvalue weighted by Crippen LogP contribution is -2.26. The Bertz CT molecular complexity index is 3340. The van der Waals surface area contributed by atoms with Crippen LogP contribution in [-0.4, -0.2) is 16.2 Å². The van der Waals surface area contributed by atoms with Crippen LogP contribution in [0.15, 0.2) is 170 Å². The smallest absolute Gasteiger partial charge is 0.137 e. The minimum Gasteiger partial charge on any atom is -0.457 e. The first-order valence-electron chi connectivity index (χ1n) is 24.5. The van der Waals surface area contributed by atoms with Crippen molar-refractivity contribution in [2.75, 3.05) is 16.5 Å². The van der Waals surface area contributed by atoms with Crippen LogP contribution >= 0.6 is 0 Å². The highest BCUT2D eigenvalue weighted by molar-refractivity contribution is 6.10. The van der Waals surface area contributed by atoms with E-state index in [9.17, 15) is 0 Å². The fraction of sp³-hybridized carbons (Fsp3) is 0.266. The second-order valence-electron chi connectivity index (χ2n) is 23.1. The normalized spacial score (nSPS) is 13.4. The molecule has 348 valence electrons. The lowest BCUT2D eigenvalue weighted by atomic mass is 9.80. The van der Waals surface area contributed by atoms with Crippen LogP contribution in [0.2, 0.25) is 0 Å². The molecule has 1 aliphatic heterocycles. The quantitative estimate of drug-likeness (QED) is 0.160. The van der Waals surface area contributed by atoms with E-state index in [1.54, 1.807) is 0 Å². The zero-order valence-electron chi connectivity index (χ0n) is 42.6. The Kier molecular flexibility index (Phi) is 11.1. The molecule has 0 fully saturated rings. The van der Waals surface area contributed by atoms with Gasteiger partial charge in [-0.05, 0) is 127 Å². The van der Waals surface area contributed by atoms with Gasteiger partial charge < -0.3 is 14.5 Å². The number of hydrogen-bond donors (Lipinski definition) is 0. The van der Waals surface area contributed by atoms with Crippen LogP contribution < -0.4 is 14.5 Å². The molecule has 0 aliphatic carbocycles. The maximum Gasteiger partial charge on any atom is 0.137 e. The third-order valence-electron chi connectivity index (χ3n) is 13.9. The monoisotopic (exact) mass is 907 g/mol. The predicted octanol–water partition coefficient (Wildman–Crippen LogP) is 17.7. The Morgan fingerprint density at radius 1 is 0.420 bits per heavy atom. The minimum absolute atomic E-state index is 0.0278. The first-order valence-corrected chi connectivity index (χ1v) is 24.5. The van der Waals surface area contributed by atoms with Crippen molar-refractivity contribution >= 4 is 44.6 Å². The summed E-state index contributed by atoms with van der Waals surface area (Å²) in [5.74, 6) is 2.45. The summed E-state index contributed by atoms with van der Waals surface area (Å²) in [5.41, 5.74) is 16.4. The Balaban J connectivity index is 1.12. The van der Waals surface area contributed by atoms with Gasteiger partial charge in [-0.1, -0.05) is 168 Å². The molecular weight excluding hydrogens is 841 g/mol. The van der Waals surface area contributed by atoms with Gasteiger partial charge in [0.15, 0.2) is 0 Å². The zero-order chi connectivity index (χ0) is 48.6. The van der Waals surface area contributed by atoms with Crippen molar-refractivity contribution in [3.05, 3.63) is 192 Å². The molecule has 9 aromatic rings. The van der Waals surface area contributed by atoms with Gasteiger partial charge in [0.1, 0.15) is 24.0 Å². The van der Waals surface area contributed by atoms with Crippen molar-refractivity contribution in [3.63, 3.8) is 0 Å². The topological polar surface area (TPSA) is 33.5 Å². The minimum atomic E-state index is -0.151. The number of pyridine rings is 1. The van der Waals surface area contributed by atoms with Gasteiger partial charge in [0.25, 0.3) is 0 Å². The number of anilines is 4. The second-order valence-corrected chi connectivity index (χ2v) is 23.1. The molecule has 69 heavy (non-hydrogen) atoms. The molecule has 2 aromatic heterocycles. The summed E-state index contributed by atoms with van der Waals surface area (Å²) in [6.07, 6.45) is 1.94. The molecule has 0 N–H and O–H groups in total. The highest BCUT2D eigenvalue weighted by atomic mass is 16.5. The van der Waals surface area contributed by atoms with Crippen molar-refractivity contribution in [1.29, 1.82) is 0 Å². The molecule has 1 aliphatic rings. The van der Waals surface area contributed by atoms with Crippen molar-refractivity contribution in [1.82, 2.24) is 9.55 Å². The van der Waals surface area contributed by atoms with Gasteiger partial charge in [-0.15, -0.1) is 0 Å². The molecule has 5 nitrogen and oxygen atoms in total. The molecule has 5 heteroatoms. The largest absolute Gasteiger partial charge is 0.457 e. The van der Waals surface area contributed by atoms with E-state index < -0.39 is 0 Å². The van der Waals surface area contributed by atoms with Gasteiger partial charge in [0.2, 0.25) is 0 Å². The van der Waals surface area contributed by atoms with Crippen LogP contribution in [0.4, 0.5) is 22.7 Å². The van der Waals surface area contributed by atoms with Gasteiger partial charge in [0, 0.05) is 46.0 Å². The van der Waals surface area contributed by atoms with E-state index in [2.05, 4.69) is 261 Å². The lowest BCUT2D eigenvalue weighted by molar-refractivity contribution is 0.479. The summed E-state index contributed by atoms with van der Waals surface area (Å²) in [4.78, 5) is 10.0. The number of nitrogens with zero attached hydrogens (tertiary/aromatic N) is 4. The summed E-state index contributed by atoms with van der Waals surface area (Å²) >= 11 is 0. The Morgan fingerprint density at radius 3 is 1.67 bits per heavy atom. The zero-order valence-corrected chi connectivity index (χ0v) is 42.6. The van der Waals surface area contributed by atoms with Gasteiger partial charge in [0.05, 0.1) is 22.4 Å². The number of ether oxygens (including phenoxy) is 1. The number of fused-ring (bicyclic) bond motifs is 4. The lowest BCUT2D eigenvalue weighted by Gasteiger charge is -2.30. The summed E-state index contributed by atoms with van der Waals surface area (Å²) in [6.45, 7) is 28.2. The van der Waals surface area contributed by atoms with E-state index in [0.717, 1.165) is 45.1 Å². The summed E-state index contributed by atoms with van der Waals surface area (Å²) in [7, 11) is 0. The van der Waals surface area contributed by atoms with Gasteiger partial charge in [-0.25, -0.2) is 4.98 Å². The molecule has 0 bridgehead atoms. The molecule has 10 rings (SSSR count). The van der Waals surface area contributed by atoms with Gasteiger partial charge in [-0.3, -0.25) is 4.57 Å². The average molecular weight is 907 g/mol. The maximum absolute atomic E-state index is 7.11. The number of hydrogen-bond acceptors (Lipinski definition) is 4. The van der Waals surface area contributed by atoms with Crippen molar-refractivity contribution < 1.29 is 4.74 Å². The Morgan fingerprint density at radius 2 is 1.03 bits per heavy atom. The number of para-hydroxylation sites is 1. The van der Waals surface area contributed by atoms with Crippen LogP contribution in [0.1, 0.15) is 105 Å². The SMILES string of the molecule is CC(C)(C)c1cc(Oc2ccc3c4cc(-c5ccccc5)ccc4n(-c4cc(C(C)(C)C)ccn4)c3c2)cc(N2CN(c3cc(C(C)(C)C)cc(C(C)(C)C)c3)c3c(-c4ccccc4)cccc32)c1. The molecule has 0 saturated carbocycles. The number of aromatic nitrogens is 2. The summed E-state index contributed by atoms with van der Waals surface area (Å²) < 4.78 is 9.41. The third kappa shape index (κ3) is 8.80. The van der Waals surface area contributed by atoms with Gasteiger partial charge in [-0.2, -0.15) is 0 Å². The molecule has 0 saturated heterocycles. The third-order valence-corrected chi connectivity index (χ3v) is 13.9. The van der Waals surface area contributed by atoms with E-state index in [1.807, 2.05) is 6.20 Å². The fourth-order valence-electron chi connectivity index (χ4n) is 9.73. The average Bonchev–Trinajstić information content (AvgIpc) is 3.87. The first kappa shape index (κ1) is 45.7.